The molecule has 136 valence electrons. The van der Waals surface area contributed by atoms with Crippen LogP contribution in [0.15, 0.2) is 48.5 Å². The van der Waals surface area contributed by atoms with Crippen molar-refractivity contribution in [3.63, 3.8) is 0 Å². The van der Waals surface area contributed by atoms with Crippen LogP contribution in [0.2, 0.25) is 0 Å². The first-order valence-electron chi connectivity index (χ1n) is 8.48. The Morgan fingerprint density at radius 1 is 1.12 bits per heavy atom. The number of hydrogen-bond acceptors (Lipinski definition) is 4. The molecule has 3 rings (SSSR count). The van der Waals surface area contributed by atoms with Crippen molar-refractivity contribution in [3.05, 3.63) is 54.1 Å². The van der Waals surface area contributed by atoms with Gasteiger partial charge in [0.25, 0.3) is 5.91 Å². The number of methoxy groups -OCH3 is 1. The molecule has 26 heavy (non-hydrogen) atoms. The third-order valence-electron chi connectivity index (χ3n) is 4.27. The molecule has 1 heterocycles. The average molecular weight is 354 g/mol. The molecule has 2 amide bonds. The van der Waals surface area contributed by atoms with Gasteiger partial charge in [-0.2, -0.15) is 0 Å². The van der Waals surface area contributed by atoms with Gasteiger partial charge in [0.1, 0.15) is 11.5 Å². The van der Waals surface area contributed by atoms with E-state index in [9.17, 15) is 9.59 Å². The second kappa shape index (κ2) is 7.91. The van der Waals surface area contributed by atoms with Gasteiger partial charge in [-0.1, -0.05) is 17.7 Å². The lowest BCUT2D eigenvalue weighted by Crippen LogP contribution is -2.39. The topological polar surface area (TPSA) is 67.9 Å². The minimum atomic E-state index is -0.236. The maximum Gasteiger partial charge on any atom is 0.258 e. The van der Waals surface area contributed by atoms with Gasteiger partial charge in [0.15, 0.2) is 6.61 Å². The molecule has 0 saturated carbocycles. The monoisotopic (exact) mass is 354 g/mol. The maximum atomic E-state index is 12.2. The van der Waals surface area contributed by atoms with Crippen molar-refractivity contribution in [2.24, 2.45) is 0 Å². The van der Waals surface area contributed by atoms with Crippen LogP contribution in [0.4, 0.5) is 5.69 Å². The summed E-state index contributed by atoms with van der Waals surface area (Å²) in [6.45, 7) is 2.36. The average Bonchev–Trinajstić information content (AvgIpc) is 3.01. The van der Waals surface area contributed by atoms with Crippen LogP contribution in [0.3, 0.4) is 0 Å². The Kier molecular flexibility index (Phi) is 5.41. The molecule has 0 spiro atoms. The van der Waals surface area contributed by atoms with Crippen LogP contribution in [-0.2, 0) is 9.59 Å². The number of ether oxygens (including phenoxy) is 2. The largest absolute Gasteiger partial charge is 0.497 e. The van der Waals surface area contributed by atoms with Gasteiger partial charge < -0.3 is 19.7 Å². The van der Waals surface area contributed by atoms with Gasteiger partial charge in [-0.15, -0.1) is 0 Å². The van der Waals surface area contributed by atoms with E-state index < -0.39 is 0 Å². The standard InChI is InChI=1S/C20H22N2O4/c1-14-3-7-18(8-4-14)26-13-19(23)21-15-11-20(24)22(12-15)16-5-9-17(25-2)10-6-16/h3-10,15H,11-13H2,1-2H3,(H,21,23)/t15-/m0/s1. The highest BCUT2D eigenvalue weighted by atomic mass is 16.5. The predicted molar refractivity (Wildman–Crippen MR) is 98.6 cm³/mol. The van der Waals surface area contributed by atoms with Crippen molar-refractivity contribution < 1.29 is 19.1 Å². The minimum absolute atomic E-state index is 0.0140. The van der Waals surface area contributed by atoms with Crippen molar-refractivity contribution in [2.75, 3.05) is 25.2 Å². The number of carbonyl (C=O) groups excluding carboxylic acids is 2. The van der Waals surface area contributed by atoms with E-state index in [1.165, 1.54) is 0 Å². The van der Waals surface area contributed by atoms with Gasteiger partial charge in [0.2, 0.25) is 5.91 Å². The van der Waals surface area contributed by atoms with Crippen LogP contribution in [0.1, 0.15) is 12.0 Å². The number of rotatable bonds is 6. The molecule has 1 atom stereocenters. The Hall–Kier alpha value is -3.02. The molecular formula is C20H22N2O4. The Labute approximate surface area is 152 Å². The second-order valence-corrected chi connectivity index (χ2v) is 6.27. The van der Waals surface area contributed by atoms with Crippen molar-refractivity contribution >= 4 is 17.5 Å². The Bertz CT molecular complexity index is 771. The first-order valence-corrected chi connectivity index (χ1v) is 8.48. The van der Waals surface area contributed by atoms with E-state index in [1.54, 1.807) is 12.0 Å². The van der Waals surface area contributed by atoms with Crippen LogP contribution >= 0.6 is 0 Å². The molecule has 0 aliphatic carbocycles. The second-order valence-electron chi connectivity index (χ2n) is 6.27. The summed E-state index contributed by atoms with van der Waals surface area (Å²) in [4.78, 5) is 26.0. The Balaban J connectivity index is 1.51. The highest BCUT2D eigenvalue weighted by molar-refractivity contribution is 5.97. The number of nitrogens with zero attached hydrogens (tertiary/aromatic N) is 1. The molecule has 1 aliphatic rings. The number of hydrogen-bond donors (Lipinski definition) is 1. The molecule has 1 fully saturated rings. The van der Waals surface area contributed by atoms with Crippen molar-refractivity contribution in [2.45, 2.75) is 19.4 Å². The normalized spacial score (nSPS) is 16.5. The summed E-state index contributed by atoms with van der Waals surface area (Å²) in [5.74, 6) is 1.13. The van der Waals surface area contributed by atoms with Crippen molar-refractivity contribution in [3.8, 4) is 11.5 Å². The van der Waals surface area contributed by atoms with E-state index in [0.717, 1.165) is 17.0 Å². The van der Waals surface area contributed by atoms with Crippen LogP contribution in [0.5, 0.6) is 11.5 Å². The number of amides is 2. The first-order chi connectivity index (χ1) is 12.5. The van der Waals surface area contributed by atoms with Crippen LogP contribution < -0.4 is 19.7 Å². The zero-order chi connectivity index (χ0) is 18.5. The molecule has 0 unspecified atom stereocenters. The number of aryl methyl sites for hydroxylation is 1. The Morgan fingerprint density at radius 3 is 2.42 bits per heavy atom. The van der Waals surface area contributed by atoms with Gasteiger partial charge >= 0.3 is 0 Å². The summed E-state index contributed by atoms with van der Waals surface area (Å²) in [5, 5.41) is 2.86. The maximum absolute atomic E-state index is 12.2. The van der Waals surface area contributed by atoms with E-state index in [0.29, 0.717) is 12.3 Å². The van der Waals surface area contributed by atoms with Crippen molar-refractivity contribution in [1.29, 1.82) is 0 Å². The molecule has 2 aromatic rings. The molecule has 1 saturated heterocycles. The lowest BCUT2D eigenvalue weighted by molar-refractivity contribution is -0.123. The molecule has 1 aliphatic heterocycles. The summed E-state index contributed by atoms with van der Waals surface area (Å²) in [7, 11) is 1.60. The van der Waals surface area contributed by atoms with Gasteiger partial charge in [-0.25, -0.2) is 0 Å². The SMILES string of the molecule is COc1ccc(N2C[C@@H](NC(=O)COc3ccc(C)cc3)CC2=O)cc1. The first kappa shape index (κ1) is 17.8. The molecule has 6 nitrogen and oxygen atoms in total. The molecule has 2 aromatic carbocycles. The fraction of sp³-hybridized carbons (Fsp3) is 0.300. The third-order valence-corrected chi connectivity index (χ3v) is 4.27. The summed E-state index contributed by atoms with van der Waals surface area (Å²) in [6.07, 6.45) is 0.280. The van der Waals surface area contributed by atoms with Crippen LogP contribution in [0, 0.1) is 6.92 Å². The molecule has 0 radical (unpaired) electrons. The smallest absolute Gasteiger partial charge is 0.258 e. The zero-order valence-corrected chi connectivity index (χ0v) is 14.9. The van der Waals surface area contributed by atoms with E-state index in [1.807, 2.05) is 55.5 Å². The highest BCUT2D eigenvalue weighted by Crippen LogP contribution is 2.24. The van der Waals surface area contributed by atoms with E-state index in [2.05, 4.69) is 5.32 Å². The lowest BCUT2D eigenvalue weighted by atomic mass is 10.2. The number of nitrogens with one attached hydrogen (secondary N) is 1. The fourth-order valence-corrected chi connectivity index (χ4v) is 2.87. The highest BCUT2D eigenvalue weighted by Gasteiger charge is 2.31. The summed E-state index contributed by atoms with van der Waals surface area (Å²) in [5.41, 5.74) is 1.92. The molecule has 6 heteroatoms. The van der Waals surface area contributed by atoms with Gasteiger partial charge in [0.05, 0.1) is 13.2 Å². The van der Waals surface area contributed by atoms with E-state index >= 15 is 0 Å². The summed E-state index contributed by atoms with van der Waals surface area (Å²) < 4.78 is 10.6. The quantitative estimate of drug-likeness (QED) is 0.864. The molecule has 0 aromatic heterocycles. The molecule has 1 N–H and O–H groups in total. The number of anilines is 1. The van der Waals surface area contributed by atoms with Crippen molar-refractivity contribution in [1.82, 2.24) is 5.32 Å². The molecule has 0 bridgehead atoms. The Morgan fingerprint density at radius 2 is 1.77 bits per heavy atom. The summed E-state index contributed by atoms with van der Waals surface area (Å²) >= 11 is 0. The van der Waals surface area contributed by atoms with Crippen LogP contribution in [0.25, 0.3) is 0 Å². The number of benzene rings is 2. The third kappa shape index (κ3) is 4.33. The zero-order valence-electron chi connectivity index (χ0n) is 14.9. The van der Waals surface area contributed by atoms with Gasteiger partial charge in [-0.3, -0.25) is 9.59 Å². The van der Waals surface area contributed by atoms with Crippen LogP contribution in [-0.4, -0.2) is 38.1 Å². The lowest BCUT2D eigenvalue weighted by Gasteiger charge is -2.17. The predicted octanol–water partition coefficient (Wildman–Crippen LogP) is 2.30. The van der Waals surface area contributed by atoms with Gasteiger partial charge in [-0.05, 0) is 43.3 Å². The fourth-order valence-electron chi connectivity index (χ4n) is 2.87. The van der Waals surface area contributed by atoms with E-state index in [-0.39, 0.29) is 30.9 Å². The summed E-state index contributed by atoms with van der Waals surface area (Å²) in [6, 6.07) is 14.6. The number of carbonyl (C=O) groups is 2. The molecular weight excluding hydrogens is 332 g/mol. The van der Waals surface area contributed by atoms with E-state index in [4.69, 9.17) is 9.47 Å². The minimum Gasteiger partial charge on any atom is -0.497 e. The van der Waals surface area contributed by atoms with Gasteiger partial charge in [0, 0.05) is 18.7 Å².